The predicted molar refractivity (Wildman–Crippen MR) is 111 cm³/mol. The van der Waals surface area contributed by atoms with Crippen LogP contribution in [0.2, 0.25) is 0 Å². The van der Waals surface area contributed by atoms with E-state index in [1.807, 2.05) is 31.2 Å². The van der Waals surface area contributed by atoms with Gasteiger partial charge in [0.1, 0.15) is 16.5 Å². The Morgan fingerprint density at radius 2 is 1.83 bits per heavy atom. The Labute approximate surface area is 170 Å². The van der Waals surface area contributed by atoms with Crippen molar-refractivity contribution < 1.29 is 12.8 Å². The Morgan fingerprint density at radius 3 is 2.45 bits per heavy atom. The van der Waals surface area contributed by atoms with Crippen LogP contribution in [0, 0.1) is 12.7 Å². The van der Waals surface area contributed by atoms with E-state index < -0.39 is 20.7 Å². The van der Waals surface area contributed by atoms with Crippen LogP contribution in [0.25, 0.3) is 0 Å². The van der Waals surface area contributed by atoms with Crippen molar-refractivity contribution in [1.82, 2.24) is 15.2 Å². The van der Waals surface area contributed by atoms with E-state index in [9.17, 15) is 12.8 Å². The Bertz CT molecular complexity index is 1210. The van der Waals surface area contributed by atoms with Crippen LogP contribution in [0.4, 0.5) is 26.7 Å². The Balaban J connectivity index is 1.74. The largest absolute Gasteiger partial charge is 0.295 e. The summed E-state index contributed by atoms with van der Waals surface area (Å²) in [5.74, 6) is -0.257. The standard InChI is InChI=1S/C19H16FN5O2S2/c1-13-2-4-14(5-3-13)25(18-8-9-22-23-18)15-6-7-17(16(20)12-15)29(26,27)24-19-21-10-11-28-19/h2-12H,1H3,(H,21,24)(H,22,23). The van der Waals surface area contributed by atoms with Crippen LogP contribution >= 0.6 is 11.3 Å². The van der Waals surface area contributed by atoms with Crippen molar-refractivity contribution in [2.45, 2.75) is 11.8 Å². The third-order valence-corrected chi connectivity index (χ3v) is 6.33. The van der Waals surface area contributed by atoms with Gasteiger partial charge in [0.25, 0.3) is 10.0 Å². The van der Waals surface area contributed by atoms with E-state index in [4.69, 9.17) is 0 Å². The van der Waals surface area contributed by atoms with Gasteiger partial charge in [0, 0.05) is 23.3 Å². The van der Waals surface area contributed by atoms with Crippen molar-refractivity contribution in [2.75, 3.05) is 9.62 Å². The molecule has 0 atom stereocenters. The summed E-state index contributed by atoms with van der Waals surface area (Å²) in [5.41, 5.74) is 2.30. The van der Waals surface area contributed by atoms with Gasteiger partial charge >= 0.3 is 0 Å². The highest BCUT2D eigenvalue weighted by Crippen LogP contribution is 2.34. The van der Waals surface area contributed by atoms with Crippen LogP contribution in [-0.4, -0.2) is 23.6 Å². The van der Waals surface area contributed by atoms with E-state index in [-0.39, 0.29) is 5.13 Å². The number of sulfonamides is 1. The highest BCUT2D eigenvalue weighted by molar-refractivity contribution is 7.93. The molecular weight excluding hydrogens is 413 g/mol. The molecule has 0 bridgehead atoms. The van der Waals surface area contributed by atoms with E-state index in [2.05, 4.69) is 19.9 Å². The summed E-state index contributed by atoms with van der Waals surface area (Å²) in [5, 5.41) is 8.62. The molecule has 0 aliphatic carbocycles. The Morgan fingerprint density at radius 1 is 1.07 bits per heavy atom. The predicted octanol–water partition coefficient (Wildman–Crippen LogP) is 4.58. The number of thiazole rings is 1. The van der Waals surface area contributed by atoms with Crippen LogP contribution < -0.4 is 9.62 Å². The summed E-state index contributed by atoms with van der Waals surface area (Å²) < 4.78 is 42.2. The van der Waals surface area contributed by atoms with Crippen molar-refractivity contribution in [3.63, 3.8) is 0 Å². The third kappa shape index (κ3) is 3.98. The average molecular weight is 430 g/mol. The summed E-state index contributed by atoms with van der Waals surface area (Å²) in [4.78, 5) is 5.17. The average Bonchev–Trinajstić information content (AvgIpc) is 3.37. The summed E-state index contributed by atoms with van der Waals surface area (Å²) in [7, 11) is -4.10. The fraction of sp³-hybridized carbons (Fsp3) is 0.0526. The van der Waals surface area contributed by atoms with E-state index >= 15 is 0 Å². The van der Waals surface area contributed by atoms with E-state index in [1.165, 1.54) is 18.3 Å². The van der Waals surface area contributed by atoms with Crippen molar-refractivity contribution in [1.29, 1.82) is 0 Å². The number of benzene rings is 2. The van der Waals surface area contributed by atoms with Gasteiger partial charge in [0.2, 0.25) is 0 Å². The van der Waals surface area contributed by atoms with E-state index in [0.29, 0.717) is 11.5 Å². The number of halogens is 1. The normalized spacial score (nSPS) is 11.4. The Kier molecular flexibility index (Phi) is 5.03. The minimum absolute atomic E-state index is 0.173. The molecule has 29 heavy (non-hydrogen) atoms. The first-order valence-corrected chi connectivity index (χ1v) is 10.9. The molecule has 4 aromatic rings. The fourth-order valence-electron chi connectivity index (χ4n) is 2.78. The molecule has 0 fully saturated rings. The first-order valence-electron chi connectivity index (χ1n) is 8.52. The van der Waals surface area contributed by atoms with Crippen molar-refractivity contribution in [2.24, 2.45) is 0 Å². The molecular formula is C19H16FN5O2S2. The number of H-pyrrole nitrogens is 1. The van der Waals surface area contributed by atoms with Crippen molar-refractivity contribution in [3.8, 4) is 0 Å². The summed E-state index contributed by atoms with van der Waals surface area (Å²) in [6.07, 6.45) is 3.05. The lowest BCUT2D eigenvalue weighted by atomic mass is 10.2. The van der Waals surface area contributed by atoms with Gasteiger partial charge < -0.3 is 0 Å². The van der Waals surface area contributed by atoms with Gasteiger partial charge in [0.15, 0.2) is 5.13 Å². The maximum Gasteiger partial charge on any atom is 0.266 e. The van der Waals surface area contributed by atoms with Crippen molar-refractivity contribution >= 4 is 43.7 Å². The number of aryl methyl sites for hydroxylation is 1. The monoisotopic (exact) mass is 429 g/mol. The molecule has 2 N–H and O–H groups in total. The minimum atomic E-state index is -4.10. The van der Waals surface area contributed by atoms with Crippen LogP contribution in [0.5, 0.6) is 0 Å². The van der Waals surface area contributed by atoms with Gasteiger partial charge in [-0.25, -0.2) is 17.8 Å². The molecule has 4 rings (SSSR count). The van der Waals surface area contributed by atoms with E-state index in [0.717, 1.165) is 22.6 Å². The second-order valence-corrected chi connectivity index (χ2v) is 8.72. The first-order chi connectivity index (χ1) is 13.9. The molecule has 7 nitrogen and oxygen atoms in total. The second-order valence-electron chi connectivity index (χ2n) is 6.17. The number of hydrogen-bond acceptors (Lipinski definition) is 6. The molecule has 2 heterocycles. The number of nitrogens with one attached hydrogen (secondary N) is 2. The lowest BCUT2D eigenvalue weighted by molar-refractivity contribution is 0.570. The molecule has 0 amide bonds. The summed E-state index contributed by atoms with van der Waals surface area (Å²) in [6, 6.07) is 13.4. The maximum absolute atomic E-state index is 14.9. The van der Waals surface area contributed by atoms with Gasteiger partial charge in [-0.3, -0.25) is 14.7 Å². The number of rotatable bonds is 6. The van der Waals surface area contributed by atoms with Crippen LogP contribution in [0.3, 0.4) is 0 Å². The number of nitrogens with zero attached hydrogens (tertiary/aromatic N) is 3. The van der Waals surface area contributed by atoms with Gasteiger partial charge in [-0.15, -0.1) is 11.3 Å². The molecule has 0 spiro atoms. The fourth-order valence-corrected chi connectivity index (χ4v) is 4.63. The lowest BCUT2D eigenvalue weighted by Gasteiger charge is -2.23. The topological polar surface area (TPSA) is 91.0 Å². The zero-order valence-electron chi connectivity index (χ0n) is 15.2. The van der Waals surface area contributed by atoms with Gasteiger partial charge in [0.05, 0.1) is 11.9 Å². The van der Waals surface area contributed by atoms with Gasteiger partial charge in [-0.1, -0.05) is 17.7 Å². The summed E-state index contributed by atoms with van der Waals surface area (Å²) in [6.45, 7) is 1.97. The second kappa shape index (κ2) is 7.64. The highest BCUT2D eigenvalue weighted by Gasteiger charge is 2.22. The molecule has 0 saturated carbocycles. The minimum Gasteiger partial charge on any atom is -0.295 e. The molecule has 0 aliphatic rings. The van der Waals surface area contributed by atoms with Crippen LogP contribution in [0.15, 0.2) is 71.2 Å². The maximum atomic E-state index is 14.9. The van der Waals surface area contributed by atoms with Gasteiger partial charge in [-0.2, -0.15) is 5.10 Å². The van der Waals surface area contributed by atoms with Crippen LogP contribution in [-0.2, 0) is 10.0 Å². The quantitative estimate of drug-likeness (QED) is 0.468. The number of anilines is 4. The smallest absolute Gasteiger partial charge is 0.266 e. The molecule has 0 saturated heterocycles. The molecule has 0 radical (unpaired) electrons. The highest BCUT2D eigenvalue weighted by atomic mass is 32.2. The Hall–Kier alpha value is -3.24. The molecule has 10 heteroatoms. The first kappa shape index (κ1) is 19.1. The molecule has 2 aromatic heterocycles. The molecule has 0 aliphatic heterocycles. The molecule has 148 valence electrons. The van der Waals surface area contributed by atoms with Gasteiger partial charge in [-0.05, 0) is 37.3 Å². The SMILES string of the molecule is Cc1ccc(N(c2ccc(S(=O)(=O)Nc3nccs3)c(F)c2)c2ccn[nH]2)cc1. The third-order valence-electron chi connectivity index (χ3n) is 4.14. The zero-order chi connectivity index (χ0) is 20.4. The molecule has 2 aromatic carbocycles. The molecule has 0 unspecified atom stereocenters. The lowest BCUT2D eigenvalue weighted by Crippen LogP contribution is -2.16. The number of aromatic amines is 1. The summed E-state index contributed by atoms with van der Waals surface area (Å²) >= 11 is 1.11. The van der Waals surface area contributed by atoms with E-state index in [1.54, 1.807) is 28.6 Å². The zero-order valence-corrected chi connectivity index (χ0v) is 16.8. The number of aromatic nitrogens is 3. The number of hydrogen-bond donors (Lipinski definition) is 2. The van der Waals surface area contributed by atoms with Crippen LogP contribution in [0.1, 0.15) is 5.56 Å². The van der Waals surface area contributed by atoms with Crippen molar-refractivity contribution in [3.05, 3.63) is 77.7 Å².